The highest BCUT2D eigenvalue weighted by molar-refractivity contribution is 5.97. The van der Waals surface area contributed by atoms with Crippen LogP contribution in [-0.2, 0) is 4.74 Å². The standard InChI is InChI=1S/C17H18O3/c1-4-20-17(19)16-12(3)15(11(2)10-14(16)18)13-8-6-5-7-9-13/h5-10,18H,4H2,1-3H3. The van der Waals surface area contributed by atoms with Crippen LogP contribution < -0.4 is 0 Å². The van der Waals surface area contributed by atoms with Crippen molar-refractivity contribution in [3.63, 3.8) is 0 Å². The number of hydrogen-bond donors (Lipinski definition) is 1. The van der Waals surface area contributed by atoms with Gasteiger partial charge in [0.05, 0.1) is 6.61 Å². The minimum atomic E-state index is -0.486. The van der Waals surface area contributed by atoms with Crippen LogP contribution in [0.1, 0.15) is 28.4 Å². The lowest BCUT2D eigenvalue weighted by Gasteiger charge is -2.15. The molecule has 104 valence electrons. The van der Waals surface area contributed by atoms with Crippen LogP contribution in [-0.4, -0.2) is 17.7 Å². The summed E-state index contributed by atoms with van der Waals surface area (Å²) in [5.41, 5.74) is 3.90. The van der Waals surface area contributed by atoms with Gasteiger partial charge in [-0.1, -0.05) is 30.3 Å². The monoisotopic (exact) mass is 270 g/mol. The molecule has 0 atom stereocenters. The first-order valence-electron chi connectivity index (χ1n) is 6.62. The maximum Gasteiger partial charge on any atom is 0.342 e. The fraction of sp³-hybridized carbons (Fsp3) is 0.235. The molecule has 3 nitrogen and oxygen atoms in total. The molecule has 1 N–H and O–H groups in total. The molecule has 3 heteroatoms. The molecular weight excluding hydrogens is 252 g/mol. The molecule has 2 aromatic carbocycles. The van der Waals surface area contributed by atoms with Crippen LogP contribution in [0.2, 0.25) is 0 Å². The van der Waals surface area contributed by atoms with E-state index in [1.165, 1.54) is 0 Å². The van der Waals surface area contributed by atoms with Crippen molar-refractivity contribution in [2.75, 3.05) is 6.61 Å². The van der Waals surface area contributed by atoms with Crippen LogP contribution in [0, 0.1) is 13.8 Å². The molecule has 0 aromatic heterocycles. The van der Waals surface area contributed by atoms with E-state index >= 15 is 0 Å². The number of carbonyl (C=O) groups excluding carboxylic acids is 1. The molecule has 0 aliphatic rings. The van der Waals surface area contributed by atoms with Crippen molar-refractivity contribution in [2.24, 2.45) is 0 Å². The largest absolute Gasteiger partial charge is 0.507 e. The van der Waals surface area contributed by atoms with Gasteiger partial charge in [0.15, 0.2) is 0 Å². The number of aromatic hydroxyl groups is 1. The summed E-state index contributed by atoms with van der Waals surface area (Å²) in [6, 6.07) is 11.4. The summed E-state index contributed by atoms with van der Waals surface area (Å²) in [4.78, 5) is 12.0. The summed E-state index contributed by atoms with van der Waals surface area (Å²) in [5.74, 6) is -0.516. The van der Waals surface area contributed by atoms with Gasteiger partial charge in [0.1, 0.15) is 11.3 Å². The van der Waals surface area contributed by atoms with Crippen molar-refractivity contribution in [3.8, 4) is 16.9 Å². The number of phenols is 1. The fourth-order valence-corrected chi connectivity index (χ4v) is 2.47. The highest BCUT2D eigenvalue weighted by Crippen LogP contribution is 2.34. The van der Waals surface area contributed by atoms with Crippen molar-refractivity contribution in [1.82, 2.24) is 0 Å². The van der Waals surface area contributed by atoms with Crippen LogP contribution in [0.5, 0.6) is 5.75 Å². The summed E-state index contributed by atoms with van der Waals surface area (Å²) >= 11 is 0. The maximum atomic E-state index is 12.0. The van der Waals surface area contributed by atoms with Gasteiger partial charge in [0.2, 0.25) is 0 Å². The van der Waals surface area contributed by atoms with Crippen LogP contribution >= 0.6 is 0 Å². The Bertz CT molecular complexity index is 630. The quantitative estimate of drug-likeness (QED) is 0.862. The van der Waals surface area contributed by atoms with Crippen molar-refractivity contribution >= 4 is 5.97 Å². The molecule has 0 saturated heterocycles. The van der Waals surface area contributed by atoms with Gasteiger partial charge < -0.3 is 9.84 Å². The van der Waals surface area contributed by atoms with E-state index in [1.54, 1.807) is 13.0 Å². The summed E-state index contributed by atoms with van der Waals surface area (Å²) < 4.78 is 5.02. The Labute approximate surface area is 118 Å². The Morgan fingerprint density at radius 3 is 2.45 bits per heavy atom. The zero-order valence-electron chi connectivity index (χ0n) is 11.9. The second-order valence-corrected chi connectivity index (χ2v) is 4.67. The number of carbonyl (C=O) groups is 1. The Morgan fingerprint density at radius 1 is 1.20 bits per heavy atom. The molecule has 0 bridgehead atoms. The fourth-order valence-electron chi connectivity index (χ4n) is 2.47. The SMILES string of the molecule is CCOC(=O)c1c(O)cc(C)c(-c2ccccc2)c1C. The predicted octanol–water partition coefficient (Wildman–Crippen LogP) is 3.85. The van der Waals surface area contributed by atoms with Crippen LogP contribution in [0.3, 0.4) is 0 Å². The van der Waals surface area contributed by atoms with Gasteiger partial charge in [-0.05, 0) is 49.1 Å². The topological polar surface area (TPSA) is 46.5 Å². The first kappa shape index (κ1) is 14.1. The van der Waals surface area contributed by atoms with E-state index in [4.69, 9.17) is 4.74 Å². The van der Waals surface area contributed by atoms with Crippen LogP contribution in [0.25, 0.3) is 11.1 Å². The third-order valence-electron chi connectivity index (χ3n) is 3.30. The lowest BCUT2D eigenvalue weighted by molar-refractivity contribution is 0.0522. The summed E-state index contributed by atoms with van der Waals surface area (Å²) in [5, 5.41) is 10.0. The number of ether oxygens (including phenoxy) is 1. The van der Waals surface area contributed by atoms with Crippen LogP contribution in [0.4, 0.5) is 0 Å². The predicted molar refractivity (Wildman–Crippen MR) is 79.0 cm³/mol. The summed E-state index contributed by atoms with van der Waals surface area (Å²) in [6.45, 7) is 5.79. The summed E-state index contributed by atoms with van der Waals surface area (Å²) in [6.07, 6.45) is 0. The molecule has 0 amide bonds. The molecule has 2 aromatic rings. The first-order chi connectivity index (χ1) is 9.56. The number of phenolic OH excluding ortho intramolecular Hbond substituents is 1. The smallest absolute Gasteiger partial charge is 0.342 e. The molecule has 0 aliphatic carbocycles. The number of benzene rings is 2. The highest BCUT2D eigenvalue weighted by Gasteiger charge is 2.20. The minimum Gasteiger partial charge on any atom is -0.507 e. The number of aryl methyl sites for hydroxylation is 1. The van der Waals surface area contributed by atoms with Gasteiger partial charge >= 0.3 is 5.97 Å². The van der Waals surface area contributed by atoms with Crippen molar-refractivity contribution in [1.29, 1.82) is 0 Å². The molecule has 2 rings (SSSR count). The Hall–Kier alpha value is -2.29. The molecule has 0 unspecified atom stereocenters. The molecule has 20 heavy (non-hydrogen) atoms. The van der Waals surface area contributed by atoms with E-state index in [9.17, 15) is 9.90 Å². The Morgan fingerprint density at radius 2 is 1.85 bits per heavy atom. The number of hydrogen-bond acceptors (Lipinski definition) is 3. The van der Waals surface area contributed by atoms with Crippen molar-refractivity contribution in [2.45, 2.75) is 20.8 Å². The minimum absolute atomic E-state index is 0.0295. The molecule has 0 aliphatic heterocycles. The number of rotatable bonds is 3. The normalized spacial score (nSPS) is 10.3. The van der Waals surface area contributed by atoms with Crippen LogP contribution in [0.15, 0.2) is 36.4 Å². The Kier molecular flexibility index (Phi) is 4.08. The molecular formula is C17H18O3. The zero-order valence-corrected chi connectivity index (χ0v) is 11.9. The molecule has 0 spiro atoms. The van der Waals surface area contributed by atoms with Gasteiger partial charge in [0, 0.05) is 0 Å². The Balaban J connectivity index is 2.65. The van der Waals surface area contributed by atoms with Gasteiger partial charge in [-0.25, -0.2) is 4.79 Å². The van der Waals surface area contributed by atoms with Gasteiger partial charge in [-0.15, -0.1) is 0 Å². The van der Waals surface area contributed by atoms with E-state index in [0.29, 0.717) is 0 Å². The number of esters is 1. The maximum absolute atomic E-state index is 12.0. The van der Waals surface area contributed by atoms with E-state index in [-0.39, 0.29) is 17.9 Å². The molecule has 0 saturated carbocycles. The van der Waals surface area contributed by atoms with E-state index in [1.807, 2.05) is 44.2 Å². The summed E-state index contributed by atoms with van der Waals surface area (Å²) in [7, 11) is 0. The van der Waals surface area contributed by atoms with E-state index < -0.39 is 5.97 Å². The van der Waals surface area contributed by atoms with E-state index in [0.717, 1.165) is 22.3 Å². The van der Waals surface area contributed by atoms with E-state index in [2.05, 4.69) is 0 Å². The van der Waals surface area contributed by atoms with Crippen molar-refractivity contribution < 1.29 is 14.6 Å². The van der Waals surface area contributed by atoms with Gasteiger partial charge in [0.25, 0.3) is 0 Å². The molecule has 0 heterocycles. The zero-order chi connectivity index (χ0) is 14.7. The first-order valence-corrected chi connectivity index (χ1v) is 6.62. The third-order valence-corrected chi connectivity index (χ3v) is 3.30. The highest BCUT2D eigenvalue weighted by atomic mass is 16.5. The lowest BCUT2D eigenvalue weighted by Crippen LogP contribution is -2.08. The van der Waals surface area contributed by atoms with Gasteiger partial charge in [-0.3, -0.25) is 0 Å². The molecule has 0 fully saturated rings. The average molecular weight is 270 g/mol. The van der Waals surface area contributed by atoms with Crippen molar-refractivity contribution in [3.05, 3.63) is 53.1 Å². The second kappa shape index (κ2) is 5.78. The van der Waals surface area contributed by atoms with Gasteiger partial charge in [-0.2, -0.15) is 0 Å². The average Bonchev–Trinajstić information content (AvgIpc) is 2.39. The second-order valence-electron chi connectivity index (χ2n) is 4.67. The third kappa shape index (κ3) is 2.52. The molecule has 0 radical (unpaired) electrons. The lowest BCUT2D eigenvalue weighted by atomic mass is 9.91.